The van der Waals surface area contributed by atoms with Crippen LogP contribution in [0.2, 0.25) is 0 Å². The van der Waals surface area contributed by atoms with Gasteiger partial charge in [0.1, 0.15) is 5.82 Å². The Labute approximate surface area is 238 Å². The Morgan fingerprint density at radius 1 is 0.692 bits per heavy atom. The Hall–Kier alpha value is -2.62. The van der Waals surface area contributed by atoms with Crippen LogP contribution in [0.25, 0.3) is 11.0 Å². The molecule has 4 nitrogen and oxygen atoms in total. The Morgan fingerprint density at radius 3 is 1.85 bits per heavy atom. The molecule has 2 aromatic carbocycles. The highest BCUT2D eigenvalue weighted by atomic mass is 16.1. The number of hydrogen-bond acceptors (Lipinski definition) is 2. The molecule has 1 aromatic heterocycles. The largest absolute Gasteiger partial charge is 0.355 e. The quantitative estimate of drug-likeness (QED) is 0.131. The molecule has 0 saturated heterocycles. The van der Waals surface area contributed by atoms with Crippen molar-refractivity contribution in [3.8, 4) is 0 Å². The zero-order valence-electron chi connectivity index (χ0n) is 24.6. The molecule has 0 aliphatic heterocycles. The average Bonchev–Trinajstić information content (AvgIpc) is 3.30. The fraction of sp³-hybridized carbons (Fsp3) is 0.600. The van der Waals surface area contributed by atoms with E-state index in [2.05, 4.69) is 41.1 Å². The van der Waals surface area contributed by atoms with Crippen LogP contribution in [-0.4, -0.2) is 22.0 Å². The van der Waals surface area contributed by atoms with E-state index >= 15 is 0 Å². The molecule has 0 atom stereocenters. The number of carbonyl (C=O) groups is 1. The summed E-state index contributed by atoms with van der Waals surface area (Å²) in [6.07, 6.45) is 23.4. The van der Waals surface area contributed by atoms with Gasteiger partial charge in [0.05, 0.1) is 17.5 Å². The first-order chi connectivity index (χ1) is 19.3. The number of imidazole rings is 1. The summed E-state index contributed by atoms with van der Waals surface area (Å²) in [6, 6.07) is 18.3. The van der Waals surface area contributed by atoms with Crippen molar-refractivity contribution in [1.82, 2.24) is 14.9 Å². The van der Waals surface area contributed by atoms with E-state index in [0.29, 0.717) is 13.0 Å². The monoisotopic (exact) mass is 531 g/mol. The molecule has 0 saturated carbocycles. The van der Waals surface area contributed by atoms with E-state index in [0.717, 1.165) is 29.9 Å². The topological polar surface area (TPSA) is 46.9 Å². The Bertz CT molecular complexity index is 1040. The molecule has 0 aliphatic carbocycles. The zero-order chi connectivity index (χ0) is 27.4. The minimum atomic E-state index is 0.0710. The molecule has 1 N–H and O–H groups in total. The second-order valence-electron chi connectivity index (χ2n) is 11.2. The van der Waals surface area contributed by atoms with E-state index < -0.39 is 0 Å². The Kier molecular flexibility index (Phi) is 15.4. The number of unbranched alkanes of at least 4 members (excludes halogenated alkanes) is 15. The standard InChI is InChI=1S/C35H53N3O/c1-2-3-4-5-6-7-8-9-10-11-12-13-14-15-16-22-29-38-33-26-21-20-25-32(33)37-34(38)27-28-36-35(39)30-31-23-18-17-19-24-31/h17-21,23-26H,2-16,22,27-30H2,1H3,(H,36,39). The highest BCUT2D eigenvalue weighted by molar-refractivity contribution is 5.78. The van der Waals surface area contributed by atoms with Crippen molar-refractivity contribution >= 4 is 16.9 Å². The van der Waals surface area contributed by atoms with Gasteiger partial charge in [-0.15, -0.1) is 0 Å². The Morgan fingerprint density at radius 2 is 1.23 bits per heavy atom. The number of fused-ring (bicyclic) bond motifs is 1. The SMILES string of the molecule is CCCCCCCCCCCCCCCCCCn1c(CCNC(=O)Cc2ccccc2)nc2ccccc21. The number of aryl methyl sites for hydroxylation is 1. The van der Waals surface area contributed by atoms with Crippen molar-refractivity contribution in [3.63, 3.8) is 0 Å². The molecular weight excluding hydrogens is 478 g/mol. The second-order valence-corrected chi connectivity index (χ2v) is 11.2. The molecule has 0 aliphatic rings. The summed E-state index contributed by atoms with van der Waals surface area (Å²) in [5.74, 6) is 1.15. The summed E-state index contributed by atoms with van der Waals surface area (Å²) in [4.78, 5) is 17.3. The van der Waals surface area contributed by atoms with Crippen LogP contribution in [0.15, 0.2) is 54.6 Å². The van der Waals surface area contributed by atoms with Gasteiger partial charge in [-0.25, -0.2) is 4.98 Å². The van der Waals surface area contributed by atoms with Gasteiger partial charge >= 0.3 is 0 Å². The van der Waals surface area contributed by atoms with Crippen LogP contribution in [0.3, 0.4) is 0 Å². The van der Waals surface area contributed by atoms with Gasteiger partial charge in [-0.3, -0.25) is 4.79 Å². The minimum absolute atomic E-state index is 0.0710. The van der Waals surface area contributed by atoms with Gasteiger partial charge in [-0.2, -0.15) is 0 Å². The summed E-state index contributed by atoms with van der Waals surface area (Å²) < 4.78 is 2.38. The maximum absolute atomic E-state index is 12.4. The van der Waals surface area contributed by atoms with Gasteiger partial charge in [0.15, 0.2) is 0 Å². The molecule has 0 unspecified atom stereocenters. The van der Waals surface area contributed by atoms with E-state index in [-0.39, 0.29) is 5.91 Å². The number of para-hydroxylation sites is 2. The minimum Gasteiger partial charge on any atom is -0.355 e. The van der Waals surface area contributed by atoms with E-state index in [9.17, 15) is 4.79 Å². The molecule has 0 radical (unpaired) electrons. The maximum atomic E-state index is 12.4. The molecule has 0 bridgehead atoms. The lowest BCUT2D eigenvalue weighted by molar-refractivity contribution is -0.120. The Balaban J connectivity index is 1.26. The van der Waals surface area contributed by atoms with Gasteiger partial charge < -0.3 is 9.88 Å². The average molecular weight is 532 g/mol. The third-order valence-corrected chi connectivity index (χ3v) is 7.85. The number of aromatic nitrogens is 2. The highest BCUT2D eigenvalue weighted by Crippen LogP contribution is 2.19. The number of rotatable bonds is 22. The predicted octanol–water partition coefficient (Wildman–Crippen LogP) is 9.20. The van der Waals surface area contributed by atoms with Crippen LogP contribution in [-0.2, 0) is 24.2 Å². The lowest BCUT2D eigenvalue weighted by atomic mass is 10.0. The van der Waals surface area contributed by atoms with Crippen molar-refractivity contribution in [3.05, 3.63) is 66.0 Å². The first kappa shape index (κ1) is 30.9. The molecule has 1 amide bonds. The molecule has 1 heterocycles. The number of benzene rings is 2. The normalized spacial score (nSPS) is 11.3. The van der Waals surface area contributed by atoms with Crippen molar-refractivity contribution in [2.24, 2.45) is 0 Å². The van der Waals surface area contributed by atoms with Crippen molar-refractivity contribution in [1.29, 1.82) is 0 Å². The van der Waals surface area contributed by atoms with Gasteiger partial charge in [-0.05, 0) is 24.1 Å². The van der Waals surface area contributed by atoms with Crippen molar-refractivity contribution in [2.75, 3.05) is 6.54 Å². The van der Waals surface area contributed by atoms with Crippen molar-refractivity contribution in [2.45, 2.75) is 129 Å². The van der Waals surface area contributed by atoms with Gasteiger partial charge in [0.2, 0.25) is 5.91 Å². The van der Waals surface area contributed by atoms with Crippen LogP contribution in [0.5, 0.6) is 0 Å². The fourth-order valence-corrected chi connectivity index (χ4v) is 5.54. The van der Waals surface area contributed by atoms with Crippen LogP contribution in [0.1, 0.15) is 121 Å². The number of nitrogens with one attached hydrogen (secondary N) is 1. The molecule has 3 rings (SSSR count). The molecule has 3 aromatic rings. The molecule has 39 heavy (non-hydrogen) atoms. The molecule has 0 fully saturated rings. The van der Waals surface area contributed by atoms with Gasteiger partial charge in [-0.1, -0.05) is 146 Å². The predicted molar refractivity (Wildman–Crippen MR) is 166 cm³/mol. The van der Waals surface area contributed by atoms with E-state index in [1.165, 1.54) is 108 Å². The van der Waals surface area contributed by atoms with Gasteiger partial charge in [0, 0.05) is 19.5 Å². The highest BCUT2D eigenvalue weighted by Gasteiger charge is 2.11. The summed E-state index contributed by atoms with van der Waals surface area (Å²) in [6.45, 7) is 3.92. The summed E-state index contributed by atoms with van der Waals surface area (Å²) in [5.41, 5.74) is 3.31. The first-order valence-electron chi connectivity index (χ1n) is 16.0. The van der Waals surface area contributed by atoms with Crippen LogP contribution < -0.4 is 5.32 Å². The van der Waals surface area contributed by atoms with Crippen LogP contribution in [0.4, 0.5) is 0 Å². The summed E-state index contributed by atoms with van der Waals surface area (Å²) >= 11 is 0. The third kappa shape index (κ3) is 12.4. The van der Waals surface area contributed by atoms with Crippen molar-refractivity contribution < 1.29 is 4.79 Å². The summed E-state index contributed by atoms with van der Waals surface area (Å²) in [5, 5.41) is 3.08. The molecule has 214 valence electrons. The first-order valence-corrected chi connectivity index (χ1v) is 16.0. The van der Waals surface area contributed by atoms with Gasteiger partial charge in [0.25, 0.3) is 0 Å². The maximum Gasteiger partial charge on any atom is 0.224 e. The van der Waals surface area contributed by atoms with E-state index in [1.54, 1.807) is 0 Å². The van der Waals surface area contributed by atoms with Crippen LogP contribution in [0, 0.1) is 0 Å². The molecule has 0 spiro atoms. The fourth-order valence-electron chi connectivity index (χ4n) is 5.54. The number of amides is 1. The lowest BCUT2D eigenvalue weighted by Gasteiger charge is -2.10. The zero-order valence-corrected chi connectivity index (χ0v) is 24.6. The third-order valence-electron chi connectivity index (χ3n) is 7.85. The summed E-state index contributed by atoms with van der Waals surface area (Å²) in [7, 11) is 0. The molecular formula is C35H53N3O. The number of nitrogens with zero attached hydrogens (tertiary/aromatic N) is 2. The van der Waals surface area contributed by atoms with E-state index in [4.69, 9.17) is 4.98 Å². The lowest BCUT2D eigenvalue weighted by Crippen LogP contribution is -2.28. The smallest absolute Gasteiger partial charge is 0.224 e. The van der Waals surface area contributed by atoms with E-state index in [1.807, 2.05) is 30.3 Å². The number of hydrogen-bond donors (Lipinski definition) is 1. The second kappa shape index (κ2) is 19.4. The molecule has 4 heteroatoms. The number of carbonyl (C=O) groups excluding carboxylic acids is 1. The van der Waals surface area contributed by atoms with Crippen LogP contribution >= 0.6 is 0 Å².